The third kappa shape index (κ3) is 4.26. The molecule has 2 aliphatic rings. The van der Waals surface area contributed by atoms with E-state index in [0.29, 0.717) is 0 Å². The predicted molar refractivity (Wildman–Crippen MR) is 74.4 cm³/mol. The topological polar surface area (TPSA) is 15.3 Å². The number of hydrogen-bond acceptors (Lipinski definition) is 2. The van der Waals surface area contributed by atoms with E-state index in [1.54, 1.807) is 0 Å². The molecule has 1 unspecified atom stereocenters. The highest BCUT2D eigenvalue weighted by atomic mass is 15.2. The molecule has 2 rings (SSSR count). The quantitative estimate of drug-likeness (QED) is 0.795. The lowest BCUT2D eigenvalue weighted by Gasteiger charge is -2.35. The summed E-state index contributed by atoms with van der Waals surface area (Å²) in [6.45, 7) is 2.46. The summed E-state index contributed by atoms with van der Waals surface area (Å²) < 4.78 is 0. The minimum absolute atomic E-state index is 0.842. The molecule has 0 radical (unpaired) electrons. The van der Waals surface area contributed by atoms with Crippen molar-refractivity contribution >= 4 is 0 Å². The molecule has 1 aliphatic heterocycles. The van der Waals surface area contributed by atoms with Gasteiger partial charge in [-0.2, -0.15) is 0 Å². The Morgan fingerprint density at radius 3 is 2.06 bits per heavy atom. The van der Waals surface area contributed by atoms with Crippen molar-refractivity contribution < 1.29 is 0 Å². The van der Waals surface area contributed by atoms with Crippen molar-refractivity contribution in [2.75, 3.05) is 20.1 Å². The zero-order valence-electron chi connectivity index (χ0n) is 11.6. The average Bonchev–Trinajstić information content (AvgIpc) is 2.56. The molecule has 2 heteroatoms. The maximum absolute atomic E-state index is 3.53. The van der Waals surface area contributed by atoms with Crippen LogP contribution in [-0.2, 0) is 0 Å². The molecule has 0 aromatic heterocycles. The molecular formula is C15H30N2. The van der Waals surface area contributed by atoms with Gasteiger partial charge in [0.2, 0.25) is 0 Å². The van der Waals surface area contributed by atoms with Crippen molar-refractivity contribution in [1.82, 2.24) is 10.2 Å². The van der Waals surface area contributed by atoms with E-state index in [9.17, 15) is 0 Å². The third-order valence-corrected chi connectivity index (χ3v) is 4.77. The van der Waals surface area contributed by atoms with Crippen LogP contribution in [0.15, 0.2) is 0 Å². The average molecular weight is 238 g/mol. The van der Waals surface area contributed by atoms with Crippen LogP contribution in [0.1, 0.15) is 64.2 Å². The Labute approximate surface area is 107 Å². The Morgan fingerprint density at radius 2 is 1.29 bits per heavy atom. The van der Waals surface area contributed by atoms with Gasteiger partial charge >= 0.3 is 0 Å². The molecule has 1 saturated carbocycles. The van der Waals surface area contributed by atoms with Gasteiger partial charge in [0.05, 0.1) is 0 Å². The molecule has 0 bridgehead atoms. The molecule has 1 saturated heterocycles. The molecule has 1 N–H and O–H groups in total. The second-order valence-electron chi connectivity index (χ2n) is 6.00. The number of rotatable bonds is 2. The highest BCUT2D eigenvalue weighted by Crippen LogP contribution is 2.24. The van der Waals surface area contributed by atoms with Crippen LogP contribution in [0.2, 0.25) is 0 Å². The van der Waals surface area contributed by atoms with E-state index in [1.807, 2.05) is 0 Å². The molecule has 2 fully saturated rings. The van der Waals surface area contributed by atoms with Crippen LogP contribution < -0.4 is 5.32 Å². The van der Waals surface area contributed by atoms with Crippen molar-refractivity contribution in [3.05, 3.63) is 0 Å². The largest absolute Gasteiger partial charge is 0.317 e. The zero-order chi connectivity index (χ0) is 11.9. The van der Waals surface area contributed by atoms with Gasteiger partial charge in [-0.1, -0.05) is 32.1 Å². The smallest absolute Gasteiger partial charge is 0.0108 e. The molecule has 1 aliphatic carbocycles. The Hall–Kier alpha value is -0.0800. The lowest BCUT2D eigenvalue weighted by Crippen LogP contribution is -2.41. The van der Waals surface area contributed by atoms with Crippen molar-refractivity contribution in [3.63, 3.8) is 0 Å². The second-order valence-corrected chi connectivity index (χ2v) is 6.00. The lowest BCUT2D eigenvalue weighted by molar-refractivity contribution is 0.136. The first-order chi connectivity index (χ1) is 8.38. The van der Waals surface area contributed by atoms with Gasteiger partial charge in [-0.3, -0.25) is 0 Å². The summed E-state index contributed by atoms with van der Waals surface area (Å²) in [5, 5.41) is 3.53. The number of nitrogens with one attached hydrogen (secondary N) is 1. The van der Waals surface area contributed by atoms with E-state index in [4.69, 9.17) is 0 Å². The molecule has 0 spiro atoms. The fourth-order valence-electron chi connectivity index (χ4n) is 3.55. The summed E-state index contributed by atoms with van der Waals surface area (Å²) in [5.74, 6) is 0. The number of nitrogens with zero attached hydrogens (tertiary/aromatic N) is 1. The minimum atomic E-state index is 0.842. The second kappa shape index (κ2) is 7.38. The highest BCUT2D eigenvalue weighted by Gasteiger charge is 2.23. The summed E-state index contributed by atoms with van der Waals surface area (Å²) in [4.78, 5) is 2.73. The van der Waals surface area contributed by atoms with Crippen molar-refractivity contribution in [2.24, 2.45) is 0 Å². The maximum Gasteiger partial charge on any atom is 0.0108 e. The first-order valence-electron chi connectivity index (χ1n) is 7.80. The normalized spacial score (nSPS) is 29.6. The molecule has 17 heavy (non-hydrogen) atoms. The molecule has 1 atom stereocenters. The summed E-state index contributed by atoms with van der Waals surface area (Å²) >= 11 is 0. The predicted octanol–water partition coefficient (Wildman–Crippen LogP) is 3.17. The van der Waals surface area contributed by atoms with Gasteiger partial charge in [0.25, 0.3) is 0 Å². The van der Waals surface area contributed by atoms with Gasteiger partial charge in [0, 0.05) is 12.1 Å². The van der Waals surface area contributed by atoms with Crippen LogP contribution in [0.4, 0.5) is 0 Å². The third-order valence-electron chi connectivity index (χ3n) is 4.77. The maximum atomic E-state index is 3.53. The molecule has 0 amide bonds. The summed E-state index contributed by atoms with van der Waals surface area (Å²) in [7, 11) is 2.39. The molecule has 2 nitrogen and oxygen atoms in total. The van der Waals surface area contributed by atoms with Crippen LogP contribution in [-0.4, -0.2) is 37.1 Å². The molecule has 0 aromatic carbocycles. The number of hydrogen-bond donors (Lipinski definition) is 1. The summed E-state index contributed by atoms with van der Waals surface area (Å²) in [6.07, 6.45) is 14.3. The van der Waals surface area contributed by atoms with Gasteiger partial charge in [-0.15, -0.1) is 0 Å². The monoisotopic (exact) mass is 238 g/mol. The lowest BCUT2D eigenvalue weighted by atomic mass is 9.94. The first kappa shape index (κ1) is 13.4. The Balaban J connectivity index is 1.84. The van der Waals surface area contributed by atoms with Crippen LogP contribution in [0.5, 0.6) is 0 Å². The van der Waals surface area contributed by atoms with Gasteiger partial charge in [0.15, 0.2) is 0 Å². The van der Waals surface area contributed by atoms with Gasteiger partial charge in [0.1, 0.15) is 0 Å². The highest BCUT2D eigenvalue weighted by molar-refractivity contribution is 4.80. The molecule has 0 aromatic rings. The summed E-state index contributed by atoms with van der Waals surface area (Å²) in [5.41, 5.74) is 0. The van der Waals surface area contributed by atoms with Crippen LogP contribution in [0.3, 0.4) is 0 Å². The first-order valence-corrected chi connectivity index (χ1v) is 7.80. The van der Waals surface area contributed by atoms with Crippen molar-refractivity contribution in [1.29, 1.82) is 0 Å². The SMILES string of the molecule is CN(C1CCCCCCC1)C1CCCNCC1. The van der Waals surface area contributed by atoms with Gasteiger partial charge in [-0.05, 0) is 52.2 Å². The van der Waals surface area contributed by atoms with Gasteiger partial charge in [-0.25, -0.2) is 0 Å². The minimum Gasteiger partial charge on any atom is -0.317 e. The van der Waals surface area contributed by atoms with Crippen LogP contribution in [0, 0.1) is 0 Å². The van der Waals surface area contributed by atoms with E-state index in [-0.39, 0.29) is 0 Å². The Morgan fingerprint density at radius 1 is 0.706 bits per heavy atom. The van der Waals surface area contributed by atoms with Crippen molar-refractivity contribution in [3.8, 4) is 0 Å². The van der Waals surface area contributed by atoms with E-state index >= 15 is 0 Å². The van der Waals surface area contributed by atoms with Crippen molar-refractivity contribution in [2.45, 2.75) is 76.3 Å². The van der Waals surface area contributed by atoms with Gasteiger partial charge < -0.3 is 10.2 Å². The fraction of sp³-hybridized carbons (Fsp3) is 1.00. The van der Waals surface area contributed by atoms with E-state index in [1.165, 1.54) is 77.3 Å². The fourth-order valence-corrected chi connectivity index (χ4v) is 3.55. The standard InChI is InChI=1S/C15H30N2/c1-17(15-10-7-12-16-13-11-15)14-8-5-3-2-4-6-9-14/h14-16H,2-13H2,1H3. The van der Waals surface area contributed by atoms with Crippen LogP contribution in [0.25, 0.3) is 0 Å². The molecular weight excluding hydrogens is 208 g/mol. The van der Waals surface area contributed by atoms with E-state index in [0.717, 1.165) is 12.1 Å². The summed E-state index contributed by atoms with van der Waals surface area (Å²) in [6, 6.07) is 1.72. The van der Waals surface area contributed by atoms with Crippen LogP contribution >= 0.6 is 0 Å². The Kier molecular flexibility index (Phi) is 5.79. The van der Waals surface area contributed by atoms with E-state index in [2.05, 4.69) is 17.3 Å². The molecule has 1 heterocycles. The Bertz CT molecular complexity index is 189. The zero-order valence-corrected chi connectivity index (χ0v) is 11.6. The molecule has 100 valence electrons. The van der Waals surface area contributed by atoms with E-state index < -0.39 is 0 Å².